The van der Waals surface area contributed by atoms with Gasteiger partial charge >= 0.3 is 0 Å². The summed E-state index contributed by atoms with van der Waals surface area (Å²) in [6.45, 7) is 7.43. The van der Waals surface area contributed by atoms with Crippen molar-refractivity contribution in [1.82, 2.24) is 0 Å². The zero-order chi connectivity index (χ0) is 13.1. The molecular weight excluding hydrogens is 290 g/mol. The maximum Gasteiger partial charge on any atom is 0.219 e. The standard InChI is InChI=1S/C15H11NS3/c1-16-9-8-11-4-5-14(18-11)15-7-6-13(19-15)12-3-2-10-17-12/h2-7,10H,8-9H2. The van der Waals surface area contributed by atoms with Gasteiger partial charge in [-0.05, 0) is 35.7 Å². The minimum absolute atomic E-state index is 0.588. The lowest BCUT2D eigenvalue weighted by Crippen LogP contribution is -1.80. The van der Waals surface area contributed by atoms with E-state index in [0.717, 1.165) is 6.42 Å². The van der Waals surface area contributed by atoms with E-state index in [-0.39, 0.29) is 0 Å². The maximum atomic E-state index is 6.84. The molecule has 0 N–H and O–H groups in total. The lowest BCUT2D eigenvalue weighted by molar-refractivity contribution is 1.11. The molecule has 3 rings (SSSR count). The molecule has 3 heterocycles. The van der Waals surface area contributed by atoms with Gasteiger partial charge < -0.3 is 4.85 Å². The van der Waals surface area contributed by atoms with Crippen LogP contribution in [0.25, 0.3) is 24.4 Å². The summed E-state index contributed by atoms with van der Waals surface area (Å²) in [5, 5.41) is 2.11. The molecule has 0 saturated heterocycles. The molecule has 94 valence electrons. The van der Waals surface area contributed by atoms with Gasteiger partial charge in [0.1, 0.15) is 0 Å². The third-order valence-electron chi connectivity index (χ3n) is 2.74. The summed E-state index contributed by atoms with van der Waals surface area (Å²) in [6.07, 6.45) is 0.872. The van der Waals surface area contributed by atoms with Gasteiger partial charge in [0.15, 0.2) is 0 Å². The van der Waals surface area contributed by atoms with Crippen molar-refractivity contribution in [3.05, 3.63) is 58.1 Å². The van der Waals surface area contributed by atoms with Gasteiger partial charge in [0.05, 0.1) is 6.42 Å². The van der Waals surface area contributed by atoms with E-state index in [2.05, 4.69) is 46.6 Å². The van der Waals surface area contributed by atoms with Crippen LogP contribution in [-0.2, 0) is 6.42 Å². The largest absolute Gasteiger partial charge is 0.317 e. The topological polar surface area (TPSA) is 4.36 Å². The van der Waals surface area contributed by atoms with E-state index in [4.69, 9.17) is 6.57 Å². The zero-order valence-corrected chi connectivity index (χ0v) is 12.6. The van der Waals surface area contributed by atoms with Crippen LogP contribution in [-0.4, -0.2) is 6.54 Å². The molecule has 0 radical (unpaired) electrons. The normalized spacial score (nSPS) is 10.5. The summed E-state index contributed by atoms with van der Waals surface area (Å²) in [4.78, 5) is 10.0. The van der Waals surface area contributed by atoms with Gasteiger partial charge in [0.2, 0.25) is 6.54 Å². The van der Waals surface area contributed by atoms with E-state index in [9.17, 15) is 0 Å². The Kier molecular flexibility index (Phi) is 3.79. The zero-order valence-electron chi connectivity index (χ0n) is 10.1. The Bertz CT molecular complexity index is 698. The molecule has 0 atom stereocenters. The molecule has 3 aromatic rings. The first kappa shape index (κ1) is 12.6. The fourth-order valence-electron chi connectivity index (χ4n) is 1.83. The van der Waals surface area contributed by atoms with Crippen LogP contribution < -0.4 is 0 Å². The van der Waals surface area contributed by atoms with Crippen molar-refractivity contribution in [1.29, 1.82) is 0 Å². The van der Waals surface area contributed by atoms with E-state index in [1.54, 1.807) is 22.7 Å². The van der Waals surface area contributed by atoms with Crippen molar-refractivity contribution in [2.24, 2.45) is 0 Å². The summed E-state index contributed by atoms with van der Waals surface area (Å²) in [5.74, 6) is 0. The van der Waals surface area contributed by atoms with Gasteiger partial charge in [-0.3, -0.25) is 0 Å². The third kappa shape index (κ3) is 2.79. The summed E-state index contributed by atoms with van der Waals surface area (Å²) >= 11 is 5.43. The molecule has 0 aliphatic carbocycles. The first-order valence-corrected chi connectivity index (χ1v) is 8.44. The van der Waals surface area contributed by atoms with Crippen LogP contribution in [0.5, 0.6) is 0 Å². The Labute approximate surface area is 124 Å². The Balaban J connectivity index is 1.83. The summed E-state index contributed by atoms with van der Waals surface area (Å²) in [7, 11) is 0. The second kappa shape index (κ2) is 5.70. The minimum Gasteiger partial charge on any atom is -0.317 e. The molecule has 1 nitrogen and oxygen atoms in total. The quantitative estimate of drug-likeness (QED) is 0.547. The van der Waals surface area contributed by atoms with Gasteiger partial charge in [0.25, 0.3) is 0 Å². The number of hydrogen-bond donors (Lipinski definition) is 0. The predicted octanol–water partition coefficient (Wildman–Crippen LogP) is 5.67. The van der Waals surface area contributed by atoms with Crippen molar-refractivity contribution >= 4 is 34.0 Å². The van der Waals surface area contributed by atoms with Crippen LogP contribution >= 0.6 is 34.0 Å². The van der Waals surface area contributed by atoms with Crippen LogP contribution in [0.2, 0.25) is 0 Å². The highest BCUT2D eigenvalue weighted by Gasteiger charge is 2.08. The van der Waals surface area contributed by atoms with E-state index in [1.165, 1.54) is 24.4 Å². The number of nitrogens with zero attached hydrogens (tertiary/aromatic N) is 1. The smallest absolute Gasteiger partial charge is 0.219 e. The fourth-order valence-corrected chi connectivity index (χ4v) is 4.76. The summed E-state index contributed by atoms with van der Waals surface area (Å²) < 4.78 is 0. The average molecular weight is 301 g/mol. The average Bonchev–Trinajstić information content (AvgIpc) is 3.14. The summed E-state index contributed by atoms with van der Waals surface area (Å²) in [5.41, 5.74) is 0. The Morgan fingerprint density at radius 1 is 0.895 bits per heavy atom. The first-order valence-electron chi connectivity index (χ1n) is 5.93. The van der Waals surface area contributed by atoms with Gasteiger partial charge in [0, 0.05) is 24.4 Å². The lowest BCUT2D eigenvalue weighted by atomic mass is 10.3. The number of thiophene rings is 3. The second-order valence-electron chi connectivity index (χ2n) is 4.04. The highest BCUT2D eigenvalue weighted by molar-refractivity contribution is 7.26. The van der Waals surface area contributed by atoms with E-state index in [1.807, 2.05) is 11.3 Å². The van der Waals surface area contributed by atoms with Crippen molar-refractivity contribution in [2.75, 3.05) is 6.54 Å². The highest BCUT2D eigenvalue weighted by Crippen LogP contribution is 2.39. The van der Waals surface area contributed by atoms with Crippen LogP contribution in [0.3, 0.4) is 0 Å². The number of hydrogen-bond acceptors (Lipinski definition) is 3. The summed E-state index contributed by atoms with van der Waals surface area (Å²) in [6, 6.07) is 13.0. The van der Waals surface area contributed by atoms with Crippen LogP contribution in [0, 0.1) is 6.57 Å². The second-order valence-corrected chi connectivity index (χ2v) is 7.24. The van der Waals surface area contributed by atoms with Crippen LogP contribution in [0.4, 0.5) is 0 Å². The SMILES string of the molecule is [C-]#[N+]CCc1ccc(-c2ccc(-c3cccs3)s2)s1. The molecule has 0 aromatic carbocycles. The van der Waals surface area contributed by atoms with Gasteiger partial charge in [-0.25, -0.2) is 6.57 Å². The Hall–Kier alpha value is -1.41. The first-order chi connectivity index (χ1) is 9.36. The van der Waals surface area contributed by atoms with E-state index in [0.29, 0.717) is 6.54 Å². The predicted molar refractivity (Wildman–Crippen MR) is 86.1 cm³/mol. The fraction of sp³-hybridized carbons (Fsp3) is 0.133. The Morgan fingerprint density at radius 2 is 1.63 bits per heavy atom. The molecule has 4 heteroatoms. The van der Waals surface area contributed by atoms with E-state index >= 15 is 0 Å². The molecule has 3 aromatic heterocycles. The number of rotatable bonds is 4. The van der Waals surface area contributed by atoms with Crippen molar-refractivity contribution in [3.8, 4) is 19.5 Å². The molecule has 0 aliphatic heterocycles. The van der Waals surface area contributed by atoms with Gasteiger partial charge in [-0.1, -0.05) is 6.07 Å². The van der Waals surface area contributed by atoms with Crippen molar-refractivity contribution in [3.63, 3.8) is 0 Å². The molecule has 0 aliphatic rings. The minimum atomic E-state index is 0.588. The molecule has 0 saturated carbocycles. The molecule has 0 amide bonds. The van der Waals surface area contributed by atoms with Gasteiger partial charge in [-0.2, -0.15) is 0 Å². The molecule has 0 spiro atoms. The Morgan fingerprint density at radius 3 is 2.37 bits per heavy atom. The maximum absolute atomic E-state index is 6.84. The molecule has 0 fully saturated rings. The molecule has 0 bridgehead atoms. The highest BCUT2D eigenvalue weighted by atomic mass is 32.1. The third-order valence-corrected chi connectivity index (χ3v) is 6.24. The van der Waals surface area contributed by atoms with Crippen molar-refractivity contribution < 1.29 is 0 Å². The van der Waals surface area contributed by atoms with E-state index < -0.39 is 0 Å². The monoisotopic (exact) mass is 301 g/mol. The molecule has 19 heavy (non-hydrogen) atoms. The molecular formula is C15H11NS3. The lowest BCUT2D eigenvalue weighted by Gasteiger charge is -1.90. The van der Waals surface area contributed by atoms with Crippen molar-refractivity contribution in [2.45, 2.75) is 6.42 Å². The van der Waals surface area contributed by atoms with Crippen LogP contribution in [0.1, 0.15) is 4.88 Å². The van der Waals surface area contributed by atoms with Gasteiger partial charge in [-0.15, -0.1) is 34.0 Å². The van der Waals surface area contributed by atoms with Crippen LogP contribution in [0.15, 0.2) is 41.8 Å². The molecule has 0 unspecified atom stereocenters.